The Kier molecular flexibility index (Phi) is 6.12. The summed E-state index contributed by atoms with van der Waals surface area (Å²) in [4.78, 5) is 13.9. The zero-order valence-electron chi connectivity index (χ0n) is 10.4. The number of carbonyl (C=O) groups excluding carboxylic acids is 1. The number of rotatable bonds is 3. The molecular weight excluding hydrogens is 316 g/mol. The Balaban J connectivity index is 0.00000162. The highest BCUT2D eigenvalue weighted by Crippen LogP contribution is 2.18. The van der Waals surface area contributed by atoms with Crippen LogP contribution in [-0.4, -0.2) is 30.4 Å². The van der Waals surface area contributed by atoms with Crippen LogP contribution in [0.25, 0.3) is 0 Å². The fraction of sp³-hybridized carbons (Fsp3) is 0.462. The van der Waals surface area contributed by atoms with Gasteiger partial charge in [-0.05, 0) is 31.0 Å². The summed E-state index contributed by atoms with van der Waals surface area (Å²) in [5.41, 5.74) is 1.14. The van der Waals surface area contributed by atoms with Crippen molar-refractivity contribution in [3.05, 3.63) is 34.3 Å². The smallest absolute Gasteiger partial charge is 0.239 e. The van der Waals surface area contributed by atoms with E-state index in [-0.39, 0.29) is 24.4 Å². The number of amides is 1. The Labute approximate surface area is 122 Å². The first-order valence-corrected chi connectivity index (χ1v) is 6.69. The Morgan fingerprint density at radius 3 is 2.83 bits per heavy atom. The van der Waals surface area contributed by atoms with Crippen LogP contribution in [0.3, 0.4) is 0 Å². The molecule has 0 spiro atoms. The molecule has 2 rings (SSSR count). The molecule has 0 radical (unpaired) electrons. The number of benzene rings is 1. The summed E-state index contributed by atoms with van der Waals surface area (Å²) < 4.78 is 1.05. The van der Waals surface area contributed by atoms with E-state index in [2.05, 4.69) is 21.2 Å². The largest absolute Gasteiger partial charge is 0.340 e. The number of hydrogen-bond donors (Lipinski definition) is 1. The van der Waals surface area contributed by atoms with Crippen LogP contribution in [0.5, 0.6) is 0 Å². The van der Waals surface area contributed by atoms with Crippen molar-refractivity contribution in [1.29, 1.82) is 0 Å². The predicted octanol–water partition coefficient (Wildman–Crippen LogP) is 2.58. The summed E-state index contributed by atoms with van der Waals surface area (Å²) in [6, 6.07) is 8.03. The standard InChI is InChI=1S/C13H17BrN2O.ClH/c1-16(13(17)12-7-4-8-15-12)9-10-5-2-3-6-11(10)14;/h2-3,5-6,12,15H,4,7-9H2,1H3;1H/t12-;/m0./s1. The van der Waals surface area contributed by atoms with E-state index in [0.717, 1.165) is 29.4 Å². The maximum absolute atomic E-state index is 12.1. The van der Waals surface area contributed by atoms with E-state index in [1.54, 1.807) is 4.90 Å². The van der Waals surface area contributed by atoms with Crippen molar-refractivity contribution < 1.29 is 4.79 Å². The third-order valence-electron chi connectivity index (χ3n) is 3.10. The molecule has 1 atom stereocenters. The van der Waals surface area contributed by atoms with Gasteiger partial charge in [-0.3, -0.25) is 4.79 Å². The van der Waals surface area contributed by atoms with Gasteiger partial charge in [0.15, 0.2) is 0 Å². The van der Waals surface area contributed by atoms with Crippen LogP contribution in [0, 0.1) is 0 Å². The molecule has 1 saturated heterocycles. The first-order chi connectivity index (χ1) is 8.18. The fourth-order valence-corrected chi connectivity index (χ4v) is 2.53. The van der Waals surface area contributed by atoms with Crippen molar-refractivity contribution in [3.63, 3.8) is 0 Å². The lowest BCUT2D eigenvalue weighted by molar-refractivity contribution is -0.132. The number of likely N-dealkylation sites (N-methyl/N-ethyl adjacent to an activating group) is 1. The van der Waals surface area contributed by atoms with Gasteiger partial charge in [0.2, 0.25) is 5.91 Å². The molecule has 1 N–H and O–H groups in total. The lowest BCUT2D eigenvalue weighted by atomic mass is 10.1. The molecule has 1 aliphatic rings. The number of nitrogens with zero attached hydrogens (tertiary/aromatic N) is 1. The van der Waals surface area contributed by atoms with Gasteiger partial charge in [0.05, 0.1) is 6.04 Å². The van der Waals surface area contributed by atoms with E-state index >= 15 is 0 Å². The highest BCUT2D eigenvalue weighted by Gasteiger charge is 2.24. The average molecular weight is 334 g/mol. The second-order valence-electron chi connectivity index (χ2n) is 4.43. The molecule has 0 unspecified atom stereocenters. The van der Waals surface area contributed by atoms with Crippen molar-refractivity contribution in [2.24, 2.45) is 0 Å². The summed E-state index contributed by atoms with van der Waals surface area (Å²) in [5.74, 6) is 0.193. The molecule has 0 aliphatic carbocycles. The van der Waals surface area contributed by atoms with E-state index in [1.807, 2.05) is 31.3 Å². The van der Waals surface area contributed by atoms with E-state index in [0.29, 0.717) is 6.54 Å². The fourth-order valence-electron chi connectivity index (χ4n) is 2.12. The predicted molar refractivity (Wildman–Crippen MR) is 78.9 cm³/mol. The molecule has 5 heteroatoms. The molecule has 100 valence electrons. The zero-order valence-corrected chi connectivity index (χ0v) is 12.8. The van der Waals surface area contributed by atoms with Crippen LogP contribution in [0.1, 0.15) is 18.4 Å². The highest BCUT2D eigenvalue weighted by molar-refractivity contribution is 9.10. The van der Waals surface area contributed by atoms with Gasteiger partial charge in [-0.1, -0.05) is 34.1 Å². The zero-order chi connectivity index (χ0) is 12.3. The van der Waals surface area contributed by atoms with Crippen LogP contribution >= 0.6 is 28.3 Å². The van der Waals surface area contributed by atoms with Crippen LogP contribution in [0.2, 0.25) is 0 Å². The Bertz CT molecular complexity index is 408. The van der Waals surface area contributed by atoms with Gasteiger partial charge in [-0.2, -0.15) is 0 Å². The number of carbonyl (C=O) groups is 1. The summed E-state index contributed by atoms with van der Waals surface area (Å²) in [6.07, 6.45) is 2.05. The highest BCUT2D eigenvalue weighted by atomic mass is 79.9. The van der Waals surface area contributed by atoms with Crippen molar-refractivity contribution in [2.75, 3.05) is 13.6 Å². The second-order valence-corrected chi connectivity index (χ2v) is 5.29. The quantitative estimate of drug-likeness (QED) is 0.922. The summed E-state index contributed by atoms with van der Waals surface area (Å²) >= 11 is 3.50. The molecule has 18 heavy (non-hydrogen) atoms. The SMILES string of the molecule is CN(Cc1ccccc1Br)C(=O)[C@@H]1CCCN1.Cl. The summed E-state index contributed by atoms with van der Waals surface area (Å²) in [6.45, 7) is 1.61. The molecule has 1 aromatic rings. The van der Waals surface area contributed by atoms with Gasteiger partial charge in [-0.15, -0.1) is 12.4 Å². The first kappa shape index (κ1) is 15.5. The minimum absolute atomic E-state index is 0. The van der Waals surface area contributed by atoms with Crippen molar-refractivity contribution in [1.82, 2.24) is 10.2 Å². The lowest BCUT2D eigenvalue weighted by Crippen LogP contribution is -2.41. The molecular formula is C13H18BrClN2O. The molecule has 1 amide bonds. The van der Waals surface area contributed by atoms with Crippen molar-refractivity contribution in [3.8, 4) is 0 Å². The van der Waals surface area contributed by atoms with E-state index in [1.165, 1.54) is 0 Å². The Morgan fingerprint density at radius 1 is 1.50 bits per heavy atom. The van der Waals surface area contributed by atoms with Crippen molar-refractivity contribution in [2.45, 2.75) is 25.4 Å². The normalized spacial score (nSPS) is 18.2. The number of halogens is 2. The minimum atomic E-state index is 0. The van der Waals surface area contributed by atoms with Gasteiger partial charge >= 0.3 is 0 Å². The molecule has 0 aromatic heterocycles. The van der Waals surface area contributed by atoms with Crippen LogP contribution in [0.4, 0.5) is 0 Å². The number of hydrogen-bond acceptors (Lipinski definition) is 2. The maximum Gasteiger partial charge on any atom is 0.239 e. The topological polar surface area (TPSA) is 32.3 Å². The molecule has 1 heterocycles. The number of nitrogens with one attached hydrogen (secondary N) is 1. The van der Waals surface area contributed by atoms with Crippen LogP contribution < -0.4 is 5.32 Å². The summed E-state index contributed by atoms with van der Waals surface area (Å²) in [5, 5.41) is 3.23. The van der Waals surface area contributed by atoms with E-state index < -0.39 is 0 Å². The average Bonchev–Trinajstić information content (AvgIpc) is 2.84. The monoisotopic (exact) mass is 332 g/mol. The maximum atomic E-state index is 12.1. The van der Waals surface area contributed by atoms with Crippen LogP contribution in [-0.2, 0) is 11.3 Å². The Hall–Kier alpha value is -0.580. The summed E-state index contributed by atoms with van der Waals surface area (Å²) in [7, 11) is 1.86. The van der Waals surface area contributed by atoms with Gasteiger partial charge in [0.1, 0.15) is 0 Å². The third-order valence-corrected chi connectivity index (χ3v) is 3.87. The van der Waals surface area contributed by atoms with Gasteiger partial charge in [0, 0.05) is 18.1 Å². The van der Waals surface area contributed by atoms with E-state index in [9.17, 15) is 4.79 Å². The first-order valence-electron chi connectivity index (χ1n) is 5.90. The minimum Gasteiger partial charge on any atom is -0.340 e. The second kappa shape index (κ2) is 7.12. The van der Waals surface area contributed by atoms with E-state index in [4.69, 9.17) is 0 Å². The lowest BCUT2D eigenvalue weighted by Gasteiger charge is -2.21. The Morgan fingerprint density at radius 2 is 2.22 bits per heavy atom. The molecule has 1 aliphatic heterocycles. The third kappa shape index (κ3) is 3.70. The van der Waals surface area contributed by atoms with Gasteiger partial charge < -0.3 is 10.2 Å². The molecule has 0 bridgehead atoms. The van der Waals surface area contributed by atoms with Crippen molar-refractivity contribution >= 4 is 34.2 Å². The van der Waals surface area contributed by atoms with Crippen LogP contribution in [0.15, 0.2) is 28.7 Å². The molecule has 1 fully saturated rings. The van der Waals surface area contributed by atoms with Gasteiger partial charge in [-0.25, -0.2) is 0 Å². The molecule has 3 nitrogen and oxygen atoms in total. The molecule has 0 saturated carbocycles. The van der Waals surface area contributed by atoms with Gasteiger partial charge in [0.25, 0.3) is 0 Å². The molecule has 1 aromatic carbocycles.